The standard InChI is InChI=1S/C20H23BrN2O5/c21-16-6-15(23(26)27)1-2-17(16)22-18(24)11-28-19(25)10-20-7-12-3-13(8-20)5-14(4-12)9-20/h1-2,6,12-14H,3-5,7-11H2,(H,22,24). The lowest BCUT2D eigenvalue weighted by Crippen LogP contribution is -2.47. The largest absolute Gasteiger partial charge is 0.456 e. The maximum atomic E-state index is 12.4. The molecule has 0 aliphatic heterocycles. The van der Waals surface area contributed by atoms with Crippen molar-refractivity contribution in [2.75, 3.05) is 11.9 Å². The number of nitro benzene ring substituents is 1. The van der Waals surface area contributed by atoms with E-state index in [2.05, 4.69) is 21.2 Å². The maximum Gasteiger partial charge on any atom is 0.306 e. The molecule has 0 spiro atoms. The number of halogens is 1. The second-order valence-electron chi connectivity index (χ2n) is 8.72. The fourth-order valence-corrected chi connectivity index (χ4v) is 6.38. The first-order valence-corrected chi connectivity index (χ1v) is 10.5. The number of hydrogen-bond acceptors (Lipinski definition) is 5. The molecule has 1 aromatic rings. The normalized spacial score (nSPS) is 30.1. The SMILES string of the molecule is O=C(COC(=O)CC12CC3CC(CC(C3)C1)C2)Nc1ccc([N+](=O)[O-])cc1Br. The minimum atomic E-state index is -0.511. The molecule has 4 fully saturated rings. The molecule has 8 heteroatoms. The Bertz CT molecular complexity index is 790. The van der Waals surface area contributed by atoms with Crippen molar-refractivity contribution in [3.8, 4) is 0 Å². The summed E-state index contributed by atoms with van der Waals surface area (Å²) in [6.45, 7) is -0.353. The van der Waals surface area contributed by atoms with Crippen LogP contribution < -0.4 is 5.32 Å². The lowest BCUT2D eigenvalue weighted by Gasteiger charge is -2.56. The van der Waals surface area contributed by atoms with E-state index >= 15 is 0 Å². The van der Waals surface area contributed by atoms with Crippen molar-refractivity contribution >= 4 is 39.2 Å². The molecule has 5 rings (SSSR count). The van der Waals surface area contributed by atoms with Gasteiger partial charge in [0.1, 0.15) is 0 Å². The first kappa shape index (κ1) is 19.4. The zero-order valence-electron chi connectivity index (χ0n) is 15.5. The zero-order chi connectivity index (χ0) is 19.9. The number of non-ortho nitro benzene ring substituents is 1. The molecule has 1 N–H and O–H groups in total. The van der Waals surface area contributed by atoms with E-state index in [1.165, 1.54) is 37.5 Å². The van der Waals surface area contributed by atoms with Gasteiger partial charge in [0.15, 0.2) is 6.61 Å². The molecule has 0 aromatic heterocycles. The molecule has 4 aliphatic rings. The molecule has 0 radical (unpaired) electrons. The predicted octanol–water partition coefficient (Wildman–Crippen LogP) is 4.45. The van der Waals surface area contributed by atoms with Gasteiger partial charge in [0.05, 0.1) is 17.0 Å². The van der Waals surface area contributed by atoms with Gasteiger partial charge in [0.2, 0.25) is 0 Å². The van der Waals surface area contributed by atoms with Crippen molar-refractivity contribution in [3.63, 3.8) is 0 Å². The van der Waals surface area contributed by atoms with Crippen molar-refractivity contribution in [1.82, 2.24) is 0 Å². The van der Waals surface area contributed by atoms with E-state index in [-0.39, 0.29) is 23.7 Å². The lowest BCUT2D eigenvalue weighted by atomic mass is 9.49. The minimum Gasteiger partial charge on any atom is -0.456 e. The summed E-state index contributed by atoms with van der Waals surface area (Å²) in [6.07, 6.45) is 7.73. The second-order valence-corrected chi connectivity index (χ2v) is 9.58. The third kappa shape index (κ3) is 4.06. The van der Waals surface area contributed by atoms with Crippen LogP contribution in [0.25, 0.3) is 0 Å². The maximum absolute atomic E-state index is 12.4. The van der Waals surface area contributed by atoms with E-state index in [1.54, 1.807) is 0 Å². The van der Waals surface area contributed by atoms with E-state index in [0.29, 0.717) is 16.6 Å². The van der Waals surface area contributed by atoms with Crippen LogP contribution in [0.4, 0.5) is 11.4 Å². The van der Waals surface area contributed by atoms with Gasteiger partial charge in [-0.15, -0.1) is 0 Å². The molecule has 7 nitrogen and oxygen atoms in total. The second kappa shape index (κ2) is 7.46. The molecule has 0 atom stereocenters. The van der Waals surface area contributed by atoms with E-state index in [9.17, 15) is 19.7 Å². The highest BCUT2D eigenvalue weighted by atomic mass is 79.9. The van der Waals surface area contributed by atoms with Crippen LogP contribution in [0, 0.1) is 33.3 Å². The van der Waals surface area contributed by atoms with Gasteiger partial charge in [-0.05, 0) is 83.7 Å². The molecule has 4 saturated carbocycles. The monoisotopic (exact) mass is 450 g/mol. The van der Waals surface area contributed by atoms with Crippen LogP contribution in [-0.2, 0) is 14.3 Å². The summed E-state index contributed by atoms with van der Waals surface area (Å²) in [5.41, 5.74) is 0.406. The molecule has 150 valence electrons. The Morgan fingerprint density at radius 1 is 1.18 bits per heavy atom. The van der Waals surface area contributed by atoms with Crippen molar-refractivity contribution in [3.05, 3.63) is 32.8 Å². The number of nitro groups is 1. The Balaban J connectivity index is 1.28. The van der Waals surface area contributed by atoms with Crippen LogP contribution >= 0.6 is 15.9 Å². The predicted molar refractivity (Wildman–Crippen MR) is 106 cm³/mol. The van der Waals surface area contributed by atoms with Gasteiger partial charge in [-0.1, -0.05) is 0 Å². The molecule has 1 aromatic carbocycles. The zero-order valence-corrected chi connectivity index (χ0v) is 17.1. The number of amides is 1. The number of rotatable bonds is 6. The van der Waals surface area contributed by atoms with Crippen molar-refractivity contribution in [1.29, 1.82) is 0 Å². The molecular weight excluding hydrogens is 428 g/mol. The van der Waals surface area contributed by atoms with Gasteiger partial charge in [-0.3, -0.25) is 19.7 Å². The number of ether oxygens (including phenoxy) is 1. The summed E-state index contributed by atoms with van der Waals surface area (Å²) in [7, 11) is 0. The number of carbonyl (C=O) groups is 2. The number of hydrogen-bond donors (Lipinski definition) is 1. The third-order valence-electron chi connectivity index (χ3n) is 6.49. The fraction of sp³-hybridized carbons (Fsp3) is 0.600. The first-order valence-electron chi connectivity index (χ1n) is 9.71. The van der Waals surface area contributed by atoms with Gasteiger partial charge < -0.3 is 10.1 Å². The van der Waals surface area contributed by atoms with E-state index < -0.39 is 10.8 Å². The van der Waals surface area contributed by atoms with E-state index in [0.717, 1.165) is 37.0 Å². The minimum absolute atomic E-state index is 0.0770. The molecule has 1 amide bonds. The Hall–Kier alpha value is -1.96. The highest BCUT2D eigenvalue weighted by Crippen LogP contribution is 2.61. The smallest absolute Gasteiger partial charge is 0.306 e. The third-order valence-corrected chi connectivity index (χ3v) is 7.14. The fourth-order valence-electron chi connectivity index (χ4n) is 5.92. The summed E-state index contributed by atoms with van der Waals surface area (Å²) < 4.78 is 5.64. The van der Waals surface area contributed by atoms with Crippen LogP contribution in [-0.4, -0.2) is 23.4 Å². The van der Waals surface area contributed by atoms with Crippen molar-refractivity contribution in [2.24, 2.45) is 23.2 Å². The topological polar surface area (TPSA) is 98.5 Å². The number of nitrogens with zero attached hydrogens (tertiary/aromatic N) is 1. The summed E-state index contributed by atoms with van der Waals surface area (Å²) >= 11 is 3.20. The number of carbonyl (C=O) groups excluding carboxylic acids is 2. The van der Waals surface area contributed by atoms with Crippen LogP contribution in [0.1, 0.15) is 44.9 Å². The molecular formula is C20H23BrN2O5. The molecule has 28 heavy (non-hydrogen) atoms. The summed E-state index contributed by atoms with van der Waals surface area (Å²) in [5.74, 6) is 1.53. The highest BCUT2D eigenvalue weighted by molar-refractivity contribution is 9.10. The van der Waals surface area contributed by atoms with Gasteiger partial charge in [-0.2, -0.15) is 0 Å². The first-order chi connectivity index (χ1) is 13.3. The number of anilines is 1. The Morgan fingerprint density at radius 3 is 2.32 bits per heavy atom. The highest BCUT2D eigenvalue weighted by Gasteiger charge is 2.51. The molecule has 0 saturated heterocycles. The molecule has 4 aliphatic carbocycles. The Labute approximate surface area is 171 Å². The van der Waals surface area contributed by atoms with E-state index in [4.69, 9.17) is 4.74 Å². The lowest BCUT2D eigenvalue weighted by molar-refractivity contribution is -0.384. The van der Waals surface area contributed by atoms with Gasteiger partial charge in [-0.25, -0.2) is 0 Å². The average molecular weight is 451 g/mol. The summed E-state index contributed by atoms with van der Waals surface area (Å²) in [6, 6.07) is 4.06. The number of esters is 1. The Kier molecular flexibility index (Phi) is 5.16. The summed E-state index contributed by atoms with van der Waals surface area (Å²) in [4.78, 5) is 34.7. The van der Waals surface area contributed by atoms with E-state index in [1.807, 2.05) is 0 Å². The van der Waals surface area contributed by atoms with Crippen LogP contribution in [0.2, 0.25) is 0 Å². The van der Waals surface area contributed by atoms with Crippen molar-refractivity contribution < 1.29 is 19.2 Å². The number of benzene rings is 1. The van der Waals surface area contributed by atoms with Gasteiger partial charge >= 0.3 is 5.97 Å². The van der Waals surface area contributed by atoms with Crippen LogP contribution in [0.15, 0.2) is 22.7 Å². The van der Waals surface area contributed by atoms with Gasteiger partial charge in [0.25, 0.3) is 11.6 Å². The number of nitrogens with one attached hydrogen (secondary N) is 1. The van der Waals surface area contributed by atoms with Crippen LogP contribution in [0.3, 0.4) is 0 Å². The average Bonchev–Trinajstić information content (AvgIpc) is 2.60. The quantitative estimate of drug-likeness (QED) is 0.392. The molecule has 0 unspecified atom stereocenters. The Morgan fingerprint density at radius 2 is 1.79 bits per heavy atom. The molecule has 0 heterocycles. The summed E-state index contributed by atoms with van der Waals surface area (Å²) in [5, 5.41) is 13.4. The van der Waals surface area contributed by atoms with Crippen molar-refractivity contribution in [2.45, 2.75) is 44.9 Å². The van der Waals surface area contributed by atoms with Gasteiger partial charge in [0, 0.05) is 16.6 Å². The van der Waals surface area contributed by atoms with Crippen LogP contribution in [0.5, 0.6) is 0 Å². The molecule has 4 bridgehead atoms.